The predicted octanol–water partition coefficient (Wildman–Crippen LogP) is 7.25. The van der Waals surface area contributed by atoms with Crippen LogP contribution in [0.4, 0.5) is 0 Å². The fourth-order valence-electron chi connectivity index (χ4n) is 3.69. The molecule has 1 aromatic heterocycles. The van der Waals surface area contributed by atoms with Crippen LogP contribution in [0.1, 0.15) is 38.8 Å². The summed E-state index contributed by atoms with van der Waals surface area (Å²) in [6, 6.07) is 29.5. The third-order valence-electron chi connectivity index (χ3n) is 5.00. The molecular weight excluding hydrogens is 326 g/mol. The highest BCUT2D eigenvalue weighted by Crippen LogP contribution is 2.47. The SMILES string of the molecule is CC.CC1(C)c2ccccc2-c2ccccc21.c1ccc2ncccc2c1. The van der Waals surface area contributed by atoms with E-state index in [2.05, 4.69) is 79.5 Å². The molecule has 136 valence electrons. The van der Waals surface area contributed by atoms with Gasteiger partial charge in [0.1, 0.15) is 0 Å². The van der Waals surface area contributed by atoms with Gasteiger partial charge in [-0.2, -0.15) is 0 Å². The maximum absolute atomic E-state index is 4.18. The second-order valence-electron chi connectivity index (χ2n) is 6.91. The van der Waals surface area contributed by atoms with Gasteiger partial charge in [0.2, 0.25) is 0 Å². The molecule has 1 nitrogen and oxygen atoms in total. The normalized spacial score (nSPS) is 12.7. The van der Waals surface area contributed by atoms with Gasteiger partial charge in [-0.15, -0.1) is 0 Å². The first-order chi connectivity index (χ1) is 13.2. The smallest absolute Gasteiger partial charge is 0.0701 e. The van der Waals surface area contributed by atoms with Crippen molar-refractivity contribution >= 4 is 10.9 Å². The molecule has 1 heterocycles. The van der Waals surface area contributed by atoms with Gasteiger partial charge in [-0.3, -0.25) is 4.98 Å². The fourth-order valence-corrected chi connectivity index (χ4v) is 3.69. The number of fused-ring (bicyclic) bond motifs is 4. The summed E-state index contributed by atoms with van der Waals surface area (Å²) in [4.78, 5) is 4.18. The molecule has 0 aliphatic heterocycles. The molecule has 3 aromatic carbocycles. The average molecular weight is 354 g/mol. The van der Waals surface area contributed by atoms with Crippen LogP contribution in [0.5, 0.6) is 0 Å². The van der Waals surface area contributed by atoms with E-state index in [0.29, 0.717) is 0 Å². The van der Waals surface area contributed by atoms with E-state index in [9.17, 15) is 0 Å². The van der Waals surface area contributed by atoms with E-state index in [1.54, 1.807) is 0 Å². The van der Waals surface area contributed by atoms with Gasteiger partial charge in [0.15, 0.2) is 0 Å². The molecule has 5 rings (SSSR count). The van der Waals surface area contributed by atoms with Gasteiger partial charge in [-0.05, 0) is 34.4 Å². The molecule has 0 saturated heterocycles. The highest BCUT2D eigenvalue weighted by Gasteiger charge is 2.34. The summed E-state index contributed by atoms with van der Waals surface area (Å²) in [6.45, 7) is 8.61. The van der Waals surface area contributed by atoms with Crippen LogP contribution in [0.15, 0.2) is 91.1 Å². The lowest BCUT2D eigenvalue weighted by molar-refractivity contribution is 0.660. The van der Waals surface area contributed by atoms with Crippen LogP contribution in [0.25, 0.3) is 22.0 Å². The molecule has 1 aliphatic carbocycles. The molecular formula is C26H27N. The molecule has 0 atom stereocenters. The van der Waals surface area contributed by atoms with Crippen LogP contribution in [0, 0.1) is 0 Å². The van der Waals surface area contributed by atoms with Crippen molar-refractivity contribution < 1.29 is 0 Å². The Morgan fingerprint density at radius 1 is 0.593 bits per heavy atom. The Morgan fingerprint density at radius 3 is 1.67 bits per heavy atom. The van der Waals surface area contributed by atoms with E-state index in [1.165, 1.54) is 27.6 Å². The number of hydrogen-bond acceptors (Lipinski definition) is 1. The molecule has 0 bridgehead atoms. The number of rotatable bonds is 0. The minimum Gasteiger partial charge on any atom is -0.256 e. The summed E-state index contributed by atoms with van der Waals surface area (Å²) in [6.07, 6.45) is 1.81. The van der Waals surface area contributed by atoms with Crippen LogP contribution in [0.2, 0.25) is 0 Å². The van der Waals surface area contributed by atoms with Crippen LogP contribution in [0.3, 0.4) is 0 Å². The fraction of sp³-hybridized carbons (Fsp3) is 0.192. The number of para-hydroxylation sites is 1. The van der Waals surface area contributed by atoms with Gasteiger partial charge >= 0.3 is 0 Å². The minimum atomic E-state index is 0.160. The quantitative estimate of drug-likeness (QED) is 0.324. The Balaban J connectivity index is 0.000000153. The third-order valence-corrected chi connectivity index (χ3v) is 5.00. The molecule has 0 unspecified atom stereocenters. The zero-order valence-corrected chi connectivity index (χ0v) is 16.6. The summed E-state index contributed by atoms with van der Waals surface area (Å²) in [5.74, 6) is 0. The van der Waals surface area contributed by atoms with E-state index >= 15 is 0 Å². The summed E-state index contributed by atoms with van der Waals surface area (Å²) in [5, 5.41) is 1.20. The standard InChI is InChI=1S/C15H14.C9H7N.C2H6/c1-15(2)13-9-5-3-7-11(13)12-8-4-6-10-14(12)15;1-2-6-9-8(4-1)5-3-7-10-9;1-2/h3-10H,1-2H3;1-7H;1-2H3. The number of benzene rings is 3. The Bertz CT molecular complexity index is 918. The monoisotopic (exact) mass is 353 g/mol. The molecule has 0 fully saturated rings. The predicted molar refractivity (Wildman–Crippen MR) is 117 cm³/mol. The van der Waals surface area contributed by atoms with E-state index in [0.717, 1.165) is 5.52 Å². The summed E-state index contributed by atoms with van der Waals surface area (Å²) in [7, 11) is 0. The molecule has 4 aromatic rings. The lowest BCUT2D eigenvalue weighted by Gasteiger charge is -2.20. The van der Waals surface area contributed by atoms with Crippen LogP contribution in [-0.2, 0) is 5.41 Å². The first kappa shape index (κ1) is 18.8. The van der Waals surface area contributed by atoms with E-state index < -0.39 is 0 Å². The van der Waals surface area contributed by atoms with Crippen LogP contribution >= 0.6 is 0 Å². The summed E-state index contributed by atoms with van der Waals surface area (Å²) in [5.41, 5.74) is 6.92. The van der Waals surface area contributed by atoms with Gasteiger partial charge in [0.05, 0.1) is 5.52 Å². The maximum atomic E-state index is 4.18. The Morgan fingerprint density at radius 2 is 1.07 bits per heavy atom. The Hall–Kier alpha value is -2.93. The van der Waals surface area contributed by atoms with E-state index in [1.807, 2.05) is 44.3 Å². The Kier molecular flexibility index (Phi) is 5.71. The van der Waals surface area contributed by atoms with Gasteiger partial charge in [-0.1, -0.05) is 100 Å². The van der Waals surface area contributed by atoms with Crippen molar-refractivity contribution in [3.8, 4) is 11.1 Å². The number of pyridine rings is 1. The van der Waals surface area contributed by atoms with Gasteiger partial charge in [0.25, 0.3) is 0 Å². The highest BCUT2D eigenvalue weighted by molar-refractivity contribution is 5.80. The minimum absolute atomic E-state index is 0.160. The van der Waals surface area contributed by atoms with Crippen LogP contribution in [-0.4, -0.2) is 4.98 Å². The summed E-state index contributed by atoms with van der Waals surface area (Å²) >= 11 is 0. The summed E-state index contributed by atoms with van der Waals surface area (Å²) < 4.78 is 0. The third kappa shape index (κ3) is 3.64. The van der Waals surface area contributed by atoms with Crippen molar-refractivity contribution in [1.82, 2.24) is 4.98 Å². The zero-order valence-electron chi connectivity index (χ0n) is 16.6. The lowest BCUT2D eigenvalue weighted by Crippen LogP contribution is -2.14. The van der Waals surface area contributed by atoms with E-state index in [4.69, 9.17) is 0 Å². The zero-order chi connectivity index (χ0) is 19.3. The Labute approximate surface area is 162 Å². The van der Waals surface area contributed by atoms with Crippen molar-refractivity contribution in [3.05, 3.63) is 102 Å². The second-order valence-corrected chi connectivity index (χ2v) is 6.91. The van der Waals surface area contributed by atoms with Crippen molar-refractivity contribution in [2.75, 3.05) is 0 Å². The largest absolute Gasteiger partial charge is 0.256 e. The highest BCUT2D eigenvalue weighted by atomic mass is 14.6. The first-order valence-electron chi connectivity index (χ1n) is 9.67. The molecule has 0 radical (unpaired) electrons. The van der Waals surface area contributed by atoms with Crippen molar-refractivity contribution in [2.24, 2.45) is 0 Å². The van der Waals surface area contributed by atoms with Crippen LogP contribution < -0.4 is 0 Å². The molecule has 27 heavy (non-hydrogen) atoms. The number of nitrogens with zero attached hydrogens (tertiary/aromatic N) is 1. The van der Waals surface area contributed by atoms with Gasteiger partial charge in [-0.25, -0.2) is 0 Å². The first-order valence-corrected chi connectivity index (χ1v) is 9.67. The van der Waals surface area contributed by atoms with Crippen molar-refractivity contribution in [2.45, 2.75) is 33.1 Å². The molecule has 0 amide bonds. The number of aromatic nitrogens is 1. The second kappa shape index (κ2) is 8.18. The van der Waals surface area contributed by atoms with Gasteiger partial charge < -0.3 is 0 Å². The molecule has 1 heteroatoms. The number of hydrogen-bond donors (Lipinski definition) is 0. The molecule has 0 N–H and O–H groups in total. The molecule has 1 aliphatic rings. The topological polar surface area (TPSA) is 12.9 Å². The van der Waals surface area contributed by atoms with Gasteiger partial charge in [0, 0.05) is 17.0 Å². The molecule has 0 saturated carbocycles. The van der Waals surface area contributed by atoms with Crippen molar-refractivity contribution in [1.29, 1.82) is 0 Å². The molecule has 0 spiro atoms. The maximum Gasteiger partial charge on any atom is 0.0701 e. The average Bonchev–Trinajstić information content (AvgIpc) is 2.98. The lowest BCUT2D eigenvalue weighted by atomic mass is 9.82. The van der Waals surface area contributed by atoms with Crippen molar-refractivity contribution in [3.63, 3.8) is 0 Å². The van der Waals surface area contributed by atoms with E-state index in [-0.39, 0.29) is 5.41 Å².